The standard InChI is InChI=1S/C37H60O8S2/c1-9-11-15-30-22-27(5)35(43-30)19-18-31(45-46(8,39)40)21-26(4)28(6)34(38)23-37-33(29(7)36(44-37)20-25(3)10-2)24-47(41,42)32-16-13-12-14-17-32/h12-14,16-17,25-26,29-31,33-38H,5-6,9-11,15,18-24H2,1-4,7-8H3/t25-,26-,29-,30+,31-,33-,34?,35+,36-,37?/m1/s1. The number of aliphatic hydroxyl groups is 1. The molecule has 2 aliphatic rings. The van der Waals surface area contributed by atoms with Gasteiger partial charge in [0.25, 0.3) is 10.1 Å². The first-order valence-corrected chi connectivity index (χ1v) is 21.0. The van der Waals surface area contributed by atoms with E-state index in [9.17, 15) is 21.9 Å². The van der Waals surface area contributed by atoms with E-state index in [1.807, 2.05) is 6.92 Å². The van der Waals surface area contributed by atoms with E-state index < -0.39 is 38.3 Å². The average molecular weight is 697 g/mol. The molecule has 3 rings (SSSR count). The Bertz CT molecular complexity index is 1360. The molecule has 0 aromatic heterocycles. The number of hydrogen-bond donors (Lipinski definition) is 1. The monoisotopic (exact) mass is 696 g/mol. The predicted molar refractivity (Wildman–Crippen MR) is 188 cm³/mol. The molecule has 0 radical (unpaired) electrons. The molecular weight excluding hydrogens is 637 g/mol. The lowest BCUT2D eigenvalue weighted by molar-refractivity contribution is -0.00400. The Morgan fingerprint density at radius 1 is 1.04 bits per heavy atom. The zero-order chi connectivity index (χ0) is 34.9. The first kappa shape index (κ1) is 39.9. The van der Waals surface area contributed by atoms with Crippen LogP contribution in [0.15, 0.2) is 59.5 Å². The number of hydrogen-bond acceptors (Lipinski definition) is 8. The molecule has 2 unspecified atom stereocenters. The van der Waals surface area contributed by atoms with Crippen molar-refractivity contribution in [1.29, 1.82) is 0 Å². The van der Waals surface area contributed by atoms with E-state index in [2.05, 4.69) is 40.9 Å². The fraction of sp³-hybridized carbons (Fsp3) is 0.730. The number of sulfone groups is 1. The molecule has 2 aliphatic heterocycles. The summed E-state index contributed by atoms with van der Waals surface area (Å²) in [6, 6.07) is 8.48. The Labute approximate surface area is 285 Å². The summed E-state index contributed by atoms with van der Waals surface area (Å²) in [6.45, 7) is 18.9. The third-order valence-electron chi connectivity index (χ3n) is 10.3. The Morgan fingerprint density at radius 3 is 2.34 bits per heavy atom. The minimum absolute atomic E-state index is 0.00737. The molecule has 268 valence electrons. The summed E-state index contributed by atoms with van der Waals surface area (Å²) >= 11 is 0. The quantitative estimate of drug-likeness (QED) is 0.112. The van der Waals surface area contributed by atoms with Gasteiger partial charge in [0, 0.05) is 12.3 Å². The highest BCUT2D eigenvalue weighted by Crippen LogP contribution is 2.41. The van der Waals surface area contributed by atoms with Crippen LogP contribution in [0, 0.1) is 23.7 Å². The van der Waals surface area contributed by atoms with Crippen LogP contribution in [0.25, 0.3) is 0 Å². The fourth-order valence-corrected chi connectivity index (χ4v) is 9.53. The summed E-state index contributed by atoms with van der Waals surface area (Å²) in [5.41, 5.74) is 1.60. The van der Waals surface area contributed by atoms with E-state index in [0.717, 1.165) is 50.4 Å². The molecule has 2 heterocycles. The van der Waals surface area contributed by atoms with Crippen molar-refractivity contribution in [3.63, 3.8) is 0 Å². The normalized spacial score (nSPS) is 27.9. The van der Waals surface area contributed by atoms with Crippen LogP contribution >= 0.6 is 0 Å². The second kappa shape index (κ2) is 17.9. The summed E-state index contributed by atoms with van der Waals surface area (Å²) in [6.07, 6.45) is 6.43. The van der Waals surface area contributed by atoms with Crippen LogP contribution in [0.1, 0.15) is 98.8 Å². The van der Waals surface area contributed by atoms with E-state index >= 15 is 0 Å². The van der Waals surface area contributed by atoms with Crippen molar-refractivity contribution in [2.75, 3.05) is 12.0 Å². The summed E-state index contributed by atoms with van der Waals surface area (Å²) in [7, 11) is -7.29. The van der Waals surface area contributed by atoms with Gasteiger partial charge in [-0.1, -0.05) is 85.2 Å². The van der Waals surface area contributed by atoms with Crippen molar-refractivity contribution >= 4 is 20.0 Å². The summed E-state index contributed by atoms with van der Waals surface area (Å²) in [5.74, 6) is -0.204. The molecule has 1 N–H and O–H groups in total. The molecule has 0 saturated carbocycles. The van der Waals surface area contributed by atoms with Crippen LogP contribution in [0.4, 0.5) is 0 Å². The Kier molecular flexibility index (Phi) is 15.2. The van der Waals surface area contributed by atoms with Gasteiger partial charge in [-0.25, -0.2) is 8.42 Å². The third kappa shape index (κ3) is 12.1. The van der Waals surface area contributed by atoms with Crippen molar-refractivity contribution in [3.05, 3.63) is 54.6 Å². The maximum absolute atomic E-state index is 13.5. The molecule has 0 amide bonds. The van der Waals surface area contributed by atoms with Crippen LogP contribution in [-0.2, 0) is 33.6 Å². The number of ether oxygens (including phenoxy) is 2. The van der Waals surface area contributed by atoms with Crippen molar-refractivity contribution in [2.24, 2.45) is 23.7 Å². The van der Waals surface area contributed by atoms with E-state index in [1.165, 1.54) is 0 Å². The SMILES string of the molecule is C=C(C(O)CC1O[C@H](C[C@H](C)CC)[C@H](C)[C@H]1CS(=O)(=O)c1ccccc1)[C@H](C)C[C@@H](CC[C@@H]1O[C@@H](CCCC)CC1=C)OS(C)(=O)=O. The van der Waals surface area contributed by atoms with Gasteiger partial charge in [-0.15, -0.1) is 0 Å². The van der Waals surface area contributed by atoms with Gasteiger partial charge in [0.1, 0.15) is 0 Å². The maximum Gasteiger partial charge on any atom is 0.264 e. The molecular formula is C37H60O8S2. The molecule has 2 saturated heterocycles. The minimum atomic E-state index is -3.72. The molecule has 47 heavy (non-hydrogen) atoms. The van der Waals surface area contributed by atoms with Gasteiger partial charge in [0.15, 0.2) is 9.84 Å². The number of benzene rings is 1. The molecule has 2 fully saturated rings. The third-order valence-corrected chi connectivity index (χ3v) is 12.7. The lowest BCUT2D eigenvalue weighted by atomic mass is 9.83. The number of unbranched alkanes of at least 4 members (excludes halogenated alkanes) is 1. The highest BCUT2D eigenvalue weighted by molar-refractivity contribution is 7.91. The van der Waals surface area contributed by atoms with E-state index in [0.29, 0.717) is 30.8 Å². The minimum Gasteiger partial charge on any atom is -0.389 e. The molecule has 0 bridgehead atoms. The molecule has 0 spiro atoms. The zero-order valence-electron chi connectivity index (χ0n) is 29.5. The van der Waals surface area contributed by atoms with Crippen LogP contribution in [0.3, 0.4) is 0 Å². The summed E-state index contributed by atoms with van der Waals surface area (Å²) < 4.78 is 69.6. The molecule has 10 heteroatoms. The fourth-order valence-electron chi connectivity index (χ4n) is 7.07. The number of aliphatic hydroxyl groups excluding tert-OH is 1. The van der Waals surface area contributed by atoms with Gasteiger partial charge in [0.05, 0.1) is 53.5 Å². The zero-order valence-corrected chi connectivity index (χ0v) is 31.1. The Hall–Kier alpha value is -1.56. The van der Waals surface area contributed by atoms with Gasteiger partial charge in [-0.05, 0) is 79.6 Å². The van der Waals surface area contributed by atoms with Crippen LogP contribution < -0.4 is 0 Å². The summed E-state index contributed by atoms with van der Waals surface area (Å²) in [5, 5.41) is 11.4. The lowest BCUT2D eigenvalue weighted by Crippen LogP contribution is -2.32. The van der Waals surface area contributed by atoms with E-state index in [4.69, 9.17) is 13.7 Å². The molecule has 0 aliphatic carbocycles. The second-order valence-electron chi connectivity index (χ2n) is 14.3. The van der Waals surface area contributed by atoms with Crippen LogP contribution in [0.2, 0.25) is 0 Å². The molecule has 8 nitrogen and oxygen atoms in total. The van der Waals surface area contributed by atoms with Crippen molar-refractivity contribution in [1.82, 2.24) is 0 Å². The van der Waals surface area contributed by atoms with Crippen molar-refractivity contribution in [2.45, 2.75) is 140 Å². The van der Waals surface area contributed by atoms with Gasteiger partial charge in [0.2, 0.25) is 0 Å². The Balaban J connectivity index is 1.68. The molecule has 10 atom stereocenters. The highest BCUT2D eigenvalue weighted by Gasteiger charge is 2.45. The highest BCUT2D eigenvalue weighted by atomic mass is 32.2. The number of rotatable bonds is 20. The largest absolute Gasteiger partial charge is 0.389 e. The second-order valence-corrected chi connectivity index (χ2v) is 17.9. The topological polar surface area (TPSA) is 116 Å². The van der Waals surface area contributed by atoms with Crippen molar-refractivity contribution in [3.8, 4) is 0 Å². The van der Waals surface area contributed by atoms with Gasteiger partial charge >= 0.3 is 0 Å². The maximum atomic E-state index is 13.5. The molecule has 1 aromatic carbocycles. The van der Waals surface area contributed by atoms with Crippen LogP contribution in [0.5, 0.6) is 0 Å². The predicted octanol–water partition coefficient (Wildman–Crippen LogP) is 7.28. The molecule has 1 aromatic rings. The van der Waals surface area contributed by atoms with E-state index in [-0.39, 0.29) is 53.1 Å². The lowest BCUT2D eigenvalue weighted by Gasteiger charge is -2.28. The van der Waals surface area contributed by atoms with E-state index in [1.54, 1.807) is 30.3 Å². The summed E-state index contributed by atoms with van der Waals surface area (Å²) in [4.78, 5) is 0.287. The average Bonchev–Trinajstić information content (AvgIpc) is 3.51. The Morgan fingerprint density at radius 2 is 1.72 bits per heavy atom. The van der Waals surface area contributed by atoms with Gasteiger partial charge in [-0.2, -0.15) is 8.42 Å². The smallest absolute Gasteiger partial charge is 0.264 e. The van der Waals surface area contributed by atoms with Gasteiger partial charge in [-0.3, -0.25) is 4.18 Å². The van der Waals surface area contributed by atoms with Crippen molar-refractivity contribution < 1.29 is 35.6 Å². The first-order chi connectivity index (χ1) is 22.0. The first-order valence-electron chi connectivity index (χ1n) is 17.6. The van der Waals surface area contributed by atoms with Crippen LogP contribution in [-0.4, -0.2) is 70.6 Å². The van der Waals surface area contributed by atoms with Gasteiger partial charge < -0.3 is 14.6 Å².